The number of aryl methyl sites for hydroxylation is 1. The molecule has 2 rings (SSSR count). The van der Waals surface area contributed by atoms with Crippen molar-refractivity contribution in [2.45, 2.75) is 13.0 Å². The van der Waals surface area contributed by atoms with E-state index in [1.807, 2.05) is 31.2 Å². The maximum absolute atomic E-state index is 12.5. The molecule has 0 aliphatic rings. The number of carbonyl (C=O) groups excluding carboxylic acids is 1. The van der Waals surface area contributed by atoms with Gasteiger partial charge in [0, 0.05) is 13.7 Å². The predicted octanol–water partition coefficient (Wildman–Crippen LogP) is 3.13. The summed E-state index contributed by atoms with van der Waals surface area (Å²) in [5.41, 5.74) is 2.60. The molecule has 1 amide bonds. The summed E-state index contributed by atoms with van der Waals surface area (Å²) in [7, 11) is 4.69. The molecule has 1 atom stereocenters. The number of ether oxygens (including phenoxy) is 3. The van der Waals surface area contributed by atoms with Crippen molar-refractivity contribution in [3.63, 3.8) is 0 Å². The molecule has 128 valence electrons. The molecule has 0 aliphatic carbocycles. The van der Waals surface area contributed by atoms with Crippen LogP contribution in [0.4, 0.5) is 0 Å². The number of benzene rings is 2. The van der Waals surface area contributed by atoms with E-state index in [9.17, 15) is 4.79 Å². The summed E-state index contributed by atoms with van der Waals surface area (Å²) in [6.07, 6.45) is -0.216. The van der Waals surface area contributed by atoms with Crippen LogP contribution in [0.2, 0.25) is 0 Å². The van der Waals surface area contributed by atoms with E-state index in [2.05, 4.69) is 5.32 Å². The first-order valence-corrected chi connectivity index (χ1v) is 7.69. The Balaban J connectivity index is 2.14. The standard InChI is InChI=1S/C19H23NO4/c1-13-8-5-6-9-14(13)17(23-3)12-20-19(21)15-10-7-11-16(22-2)18(15)24-4/h5-11,17H,12H2,1-4H3,(H,20,21). The van der Waals surface area contributed by atoms with Crippen LogP contribution in [0.3, 0.4) is 0 Å². The summed E-state index contributed by atoms with van der Waals surface area (Å²) in [5.74, 6) is 0.705. The van der Waals surface area contributed by atoms with Crippen LogP contribution in [0.25, 0.3) is 0 Å². The molecule has 5 heteroatoms. The number of para-hydroxylation sites is 1. The molecule has 0 spiro atoms. The lowest BCUT2D eigenvalue weighted by molar-refractivity contribution is 0.0823. The van der Waals surface area contributed by atoms with Gasteiger partial charge in [0.25, 0.3) is 5.91 Å². The van der Waals surface area contributed by atoms with Crippen LogP contribution in [0.15, 0.2) is 42.5 Å². The van der Waals surface area contributed by atoms with Gasteiger partial charge in [-0.2, -0.15) is 0 Å². The van der Waals surface area contributed by atoms with Gasteiger partial charge in [-0.3, -0.25) is 4.79 Å². The molecule has 1 N–H and O–H groups in total. The molecule has 0 bridgehead atoms. The molecule has 1 unspecified atom stereocenters. The summed E-state index contributed by atoms with van der Waals surface area (Å²) >= 11 is 0. The van der Waals surface area contributed by atoms with Crippen LogP contribution >= 0.6 is 0 Å². The maximum Gasteiger partial charge on any atom is 0.255 e. The Hall–Kier alpha value is -2.53. The number of hydrogen-bond donors (Lipinski definition) is 1. The van der Waals surface area contributed by atoms with E-state index in [1.54, 1.807) is 32.4 Å². The van der Waals surface area contributed by atoms with Gasteiger partial charge in [0.05, 0.1) is 25.9 Å². The molecule has 2 aromatic rings. The summed E-state index contributed by atoms with van der Waals surface area (Å²) in [6, 6.07) is 13.2. The molecule has 0 saturated carbocycles. The molecular weight excluding hydrogens is 306 g/mol. The average molecular weight is 329 g/mol. The summed E-state index contributed by atoms with van der Waals surface area (Å²) in [6.45, 7) is 2.38. The van der Waals surface area contributed by atoms with Gasteiger partial charge in [-0.25, -0.2) is 0 Å². The molecule has 0 aliphatic heterocycles. The number of rotatable bonds is 7. The van der Waals surface area contributed by atoms with Crippen molar-refractivity contribution < 1.29 is 19.0 Å². The van der Waals surface area contributed by atoms with Crippen LogP contribution < -0.4 is 14.8 Å². The summed E-state index contributed by atoms with van der Waals surface area (Å²) < 4.78 is 16.1. The Bertz CT molecular complexity index is 700. The lowest BCUT2D eigenvalue weighted by atomic mass is 10.0. The Kier molecular flexibility index (Phi) is 6.21. The first-order chi connectivity index (χ1) is 11.6. The fourth-order valence-electron chi connectivity index (χ4n) is 2.61. The van der Waals surface area contributed by atoms with Crippen molar-refractivity contribution >= 4 is 5.91 Å². The Labute approximate surface area is 142 Å². The van der Waals surface area contributed by atoms with Crippen molar-refractivity contribution in [3.05, 3.63) is 59.2 Å². The molecule has 5 nitrogen and oxygen atoms in total. The fraction of sp³-hybridized carbons (Fsp3) is 0.316. The molecular formula is C19H23NO4. The smallest absolute Gasteiger partial charge is 0.255 e. The molecule has 2 aromatic carbocycles. The topological polar surface area (TPSA) is 56.8 Å². The third-order valence-corrected chi connectivity index (χ3v) is 3.92. The van der Waals surface area contributed by atoms with Gasteiger partial charge in [0.15, 0.2) is 11.5 Å². The lowest BCUT2D eigenvalue weighted by Crippen LogP contribution is -2.29. The van der Waals surface area contributed by atoms with Gasteiger partial charge in [0.1, 0.15) is 0 Å². The second-order valence-electron chi connectivity index (χ2n) is 5.33. The normalized spacial score (nSPS) is 11.7. The van der Waals surface area contributed by atoms with E-state index in [4.69, 9.17) is 14.2 Å². The SMILES string of the molecule is COc1cccc(C(=O)NCC(OC)c2ccccc2C)c1OC. The van der Waals surface area contributed by atoms with Crippen LogP contribution in [-0.4, -0.2) is 33.8 Å². The quantitative estimate of drug-likeness (QED) is 0.848. The van der Waals surface area contributed by atoms with Crippen molar-refractivity contribution in [3.8, 4) is 11.5 Å². The largest absolute Gasteiger partial charge is 0.493 e. The number of amides is 1. The van der Waals surface area contributed by atoms with Gasteiger partial charge in [-0.1, -0.05) is 30.3 Å². The van der Waals surface area contributed by atoms with E-state index in [-0.39, 0.29) is 12.0 Å². The van der Waals surface area contributed by atoms with Crippen LogP contribution in [-0.2, 0) is 4.74 Å². The van der Waals surface area contributed by atoms with Crippen molar-refractivity contribution in [2.75, 3.05) is 27.9 Å². The van der Waals surface area contributed by atoms with E-state index in [0.717, 1.165) is 11.1 Å². The minimum absolute atomic E-state index is 0.216. The van der Waals surface area contributed by atoms with Crippen molar-refractivity contribution in [1.82, 2.24) is 5.32 Å². The highest BCUT2D eigenvalue weighted by molar-refractivity contribution is 5.97. The Morgan fingerprint density at radius 1 is 1.04 bits per heavy atom. The zero-order valence-electron chi connectivity index (χ0n) is 14.5. The van der Waals surface area contributed by atoms with Crippen LogP contribution in [0, 0.1) is 6.92 Å². The molecule has 0 radical (unpaired) electrons. The van der Waals surface area contributed by atoms with E-state index >= 15 is 0 Å². The minimum Gasteiger partial charge on any atom is -0.493 e. The number of hydrogen-bond acceptors (Lipinski definition) is 4. The minimum atomic E-state index is -0.235. The fourth-order valence-corrected chi connectivity index (χ4v) is 2.61. The van der Waals surface area contributed by atoms with Gasteiger partial charge >= 0.3 is 0 Å². The third-order valence-electron chi connectivity index (χ3n) is 3.92. The number of nitrogens with one attached hydrogen (secondary N) is 1. The Morgan fingerprint density at radius 3 is 2.42 bits per heavy atom. The third kappa shape index (κ3) is 3.86. The summed E-state index contributed by atoms with van der Waals surface area (Å²) in [4.78, 5) is 12.5. The second-order valence-corrected chi connectivity index (χ2v) is 5.33. The van der Waals surface area contributed by atoms with Gasteiger partial charge < -0.3 is 19.5 Å². The molecule has 24 heavy (non-hydrogen) atoms. The molecule has 0 saturated heterocycles. The lowest BCUT2D eigenvalue weighted by Gasteiger charge is -2.19. The number of carbonyl (C=O) groups is 1. The molecule has 0 aromatic heterocycles. The highest BCUT2D eigenvalue weighted by Gasteiger charge is 2.19. The van der Waals surface area contributed by atoms with Crippen molar-refractivity contribution in [2.24, 2.45) is 0 Å². The molecule has 0 fully saturated rings. The van der Waals surface area contributed by atoms with Crippen molar-refractivity contribution in [1.29, 1.82) is 0 Å². The zero-order chi connectivity index (χ0) is 17.5. The molecule has 0 heterocycles. The van der Waals surface area contributed by atoms with Crippen LogP contribution in [0.5, 0.6) is 11.5 Å². The van der Waals surface area contributed by atoms with Gasteiger partial charge in [-0.15, -0.1) is 0 Å². The van der Waals surface area contributed by atoms with E-state index in [0.29, 0.717) is 23.6 Å². The van der Waals surface area contributed by atoms with Crippen LogP contribution in [0.1, 0.15) is 27.6 Å². The highest BCUT2D eigenvalue weighted by Crippen LogP contribution is 2.30. The average Bonchev–Trinajstić information content (AvgIpc) is 2.62. The first-order valence-electron chi connectivity index (χ1n) is 7.69. The predicted molar refractivity (Wildman–Crippen MR) is 92.8 cm³/mol. The maximum atomic E-state index is 12.5. The van der Waals surface area contributed by atoms with E-state index in [1.165, 1.54) is 7.11 Å². The van der Waals surface area contributed by atoms with E-state index < -0.39 is 0 Å². The zero-order valence-corrected chi connectivity index (χ0v) is 14.5. The highest BCUT2D eigenvalue weighted by atomic mass is 16.5. The Morgan fingerprint density at radius 2 is 1.79 bits per heavy atom. The van der Waals surface area contributed by atoms with Gasteiger partial charge in [-0.05, 0) is 30.2 Å². The monoisotopic (exact) mass is 329 g/mol. The summed E-state index contributed by atoms with van der Waals surface area (Å²) in [5, 5.41) is 2.90. The second kappa shape index (κ2) is 8.36. The number of methoxy groups -OCH3 is 3. The first kappa shape index (κ1) is 17.8. The van der Waals surface area contributed by atoms with Gasteiger partial charge in [0.2, 0.25) is 0 Å².